The molecule has 0 fully saturated rings. The van der Waals surface area contributed by atoms with Gasteiger partial charge in [-0.15, -0.1) is 0 Å². The van der Waals surface area contributed by atoms with Crippen molar-refractivity contribution in [3.8, 4) is 0 Å². The van der Waals surface area contributed by atoms with E-state index < -0.39 is 12.1 Å². The lowest BCUT2D eigenvalue weighted by molar-refractivity contribution is -0.143. The number of esters is 1. The van der Waals surface area contributed by atoms with Crippen LogP contribution in [0.4, 0.5) is 0 Å². The van der Waals surface area contributed by atoms with Gasteiger partial charge in [-0.3, -0.25) is 9.59 Å². The highest BCUT2D eigenvalue weighted by Crippen LogP contribution is 2.17. The Morgan fingerprint density at radius 2 is 0.681 bits per heavy atom. The van der Waals surface area contributed by atoms with Crippen molar-refractivity contribution < 1.29 is 24.5 Å². The molecule has 0 saturated carbocycles. The number of hydrogen-bond donors (Lipinski definition) is 3. The average Bonchev–Trinajstić information content (AvgIpc) is 3.35. The Hall–Kier alpha value is -1.66. The van der Waals surface area contributed by atoms with Crippen LogP contribution in [0.25, 0.3) is 0 Å². The van der Waals surface area contributed by atoms with Crippen molar-refractivity contribution in [2.45, 2.75) is 353 Å². The molecule has 0 aliphatic carbocycles. The maximum Gasteiger partial charge on any atom is 0.305 e. The second-order valence-electron chi connectivity index (χ2n) is 21.4. The van der Waals surface area contributed by atoms with Crippen molar-refractivity contribution in [2.24, 2.45) is 0 Å². The number of rotatable bonds is 58. The Kier molecular flexibility index (Phi) is 57.5. The lowest BCUT2D eigenvalue weighted by Crippen LogP contribution is -2.45. The number of carbonyl (C=O) groups is 2. The van der Waals surface area contributed by atoms with Crippen molar-refractivity contribution >= 4 is 11.9 Å². The van der Waals surface area contributed by atoms with Gasteiger partial charge >= 0.3 is 5.97 Å². The van der Waals surface area contributed by atoms with E-state index in [4.69, 9.17) is 4.74 Å². The molecule has 0 aromatic heterocycles. The maximum absolute atomic E-state index is 12.5. The predicted molar refractivity (Wildman–Crippen MR) is 301 cm³/mol. The summed E-state index contributed by atoms with van der Waals surface area (Å²) in [7, 11) is 0. The highest BCUT2D eigenvalue weighted by molar-refractivity contribution is 5.76. The summed E-state index contributed by atoms with van der Waals surface area (Å²) >= 11 is 0. The molecule has 0 aliphatic rings. The number of hydrogen-bond acceptors (Lipinski definition) is 5. The summed E-state index contributed by atoms with van der Waals surface area (Å²) in [5, 5.41) is 23.2. The highest BCUT2D eigenvalue weighted by atomic mass is 16.5. The molecule has 1 amide bonds. The smallest absolute Gasteiger partial charge is 0.305 e. The first-order valence-corrected chi connectivity index (χ1v) is 31.1. The Bertz CT molecular complexity index is 1080. The standard InChI is InChI=1S/C63H121NO5/c1-3-5-7-9-11-13-15-16-17-26-29-32-36-39-43-47-51-55-61(66)60(59-65)64-62(67)56-52-48-44-40-37-33-30-27-24-22-20-18-19-21-23-25-28-31-34-38-42-46-50-54-58-69-63(68)57-53-49-45-41-35-14-12-10-8-6-4-2/h20,22,51,55,60-61,65-66H,3-19,21,23-50,52-54,56-59H2,1-2H3,(H,64,67)/b22-20-,55-51+. The molecule has 0 spiro atoms. The fourth-order valence-corrected chi connectivity index (χ4v) is 9.69. The van der Waals surface area contributed by atoms with Gasteiger partial charge < -0.3 is 20.3 Å². The molecular formula is C63H121NO5. The molecule has 2 unspecified atom stereocenters. The SMILES string of the molecule is CCCCCCCCCCCCCCCCC/C=C/C(O)C(CO)NC(=O)CCCCCCCCCC/C=C\CCCCCCCCCCCCCCOC(=O)CCCCCCCCCCCCC. The van der Waals surface area contributed by atoms with Crippen LogP contribution >= 0.6 is 0 Å². The zero-order chi connectivity index (χ0) is 50.0. The quantitative estimate of drug-likeness (QED) is 0.0321. The molecule has 0 radical (unpaired) electrons. The van der Waals surface area contributed by atoms with Gasteiger partial charge in [-0.25, -0.2) is 0 Å². The van der Waals surface area contributed by atoms with Gasteiger partial charge in [-0.05, 0) is 57.8 Å². The van der Waals surface area contributed by atoms with Crippen molar-refractivity contribution in [2.75, 3.05) is 13.2 Å². The third-order valence-electron chi connectivity index (χ3n) is 14.5. The van der Waals surface area contributed by atoms with Crippen LogP contribution in [-0.4, -0.2) is 47.4 Å². The molecule has 2 atom stereocenters. The molecule has 0 bridgehead atoms. The Balaban J connectivity index is 3.43. The number of nitrogens with one attached hydrogen (secondary N) is 1. The minimum absolute atomic E-state index is 0.0120. The van der Waals surface area contributed by atoms with E-state index in [2.05, 4.69) is 31.3 Å². The zero-order valence-corrected chi connectivity index (χ0v) is 46.6. The second kappa shape index (κ2) is 58.9. The molecule has 0 heterocycles. The van der Waals surface area contributed by atoms with E-state index in [1.54, 1.807) is 6.08 Å². The molecule has 0 rings (SSSR count). The number of aliphatic hydroxyl groups excluding tert-OH is 2. The van der Waals surface area contributed by atoms with Crippen LogP contribution in [0.1, 0.15) is 341 Å². The molecule has 6 heteroatoms. The molecule has 6 nitrogen and oxygen atoms in total. The fraction of sp³-hybridized carbons (Fsp3) is 0.905. The molecule has 69 heavy (non-hydrogen) atoms. The first kappa shape index (κ1) is 67.3. The van der Waals surface area contributed by atoms with Crippen LogP contribution in [-0.2, 0) is 14.3 Å². The number of carbonyl (C=O) groups excluding carboxylic acids is 2. The van der Waals surface area contributed by atoms with Crippen molar-refractivity contribution in [3.05, 3.63) is 24.3 Å². The van der Waals surface area contributed by atoms with Crippen molar-refractivity contribution in [1.82, 2.24) is 5.32 Å². The van der Waals surface area contributed by atoms with E-state index in [1.807, 2.05) is 6.08 Å². The van der Waals surface area contributed by atoms with E-state index in [0.717, 1.165) is 38.5 Å². The summed E-state index contributed by atoms with van der Waals surface area (Å²) in [5.41, 5.74) is 0. The van der Waals surface area contributed by atoms with Gasteiger partial charge in [0.2, 0.25) is 5.91 Å². The van der Waals surface area contributed by atoms with Crippen LogP contribution in [0.15, 0.2) is 24.3 Å². The molecular weight excluding hydrogens is 851 g/mol. The van der Waals surface area contributed by atoms with E-state index >= 15 is 0 Å². The maximum atomic E-state index is 12.5. The Morgan fingerprint density at radius 3 is 1.03 bits per heavy atom. The van der Waals surface area contributed by atoms with E-state index in [0.29, 0.717) is 19.4 Å². The van der Waals surface area contributed by atoms with Crippen molar-refractivity contribution in [1.29, 1.82) is 0 Å². The zero-order valence-electron chi connectivity index (χ0n) is 46.6. The third-order valence-corrected chi connectivity index (χ3v) is 14.5. The van der Waals surface area contributed by atoms with Gasteiger partial charge in [0.05, 0.1) is 25.4 Å². The van der Waals surface area contributed by atoms with Crippen molar-refractivity contribution in [3.63, 3.8) is 0 Å². The largest absolute Gasteiger partial charge is 0.466 e. The minimum atomic E-state index is -0.847. The van der Waals surface area contributed by atoms with Crippen LogP contribution in [0.3, 0.4) is 0 Å². The van der Waals surface area contributed by atoms with Crippen LogP contribution in [0.2, 0.25) is 0 Å². The van der Waals surface area contributed by atoms with E-state index in [1.165, 1.54) is 276 Å². The van der Waals surface area contributed by atoms with E-state index in [-0.39, 0.29) is 18.5 Å². The van der Waals surface area contributed by atoms with Gasteiger partial charge in [0.25, 0.3) is 0 Å². The summed E-state index contributed by atoms with van der Waals surface area (Å²) < 4.78 is 5.47. The molecule has 408 valence electrons. The second-order valence-corrected chi connectivity index (χ2v) is 21.4. The lowest BCUT2D eigenvalue weighted by Gasteiger charge is -2.20. The molecule has 0 aromatic rings. The summed E-state index contributed by atoms with van der Waals surface area (Å²) in [6.45, 7) is 4.92. The Morgan fingerprint density at radius 1 is 0.391 bits per heavy atom. The molecule has 0 saturated heterocycles. The lowest BCUT2D eigenvalue weighted by atomic mass is 10.0. The van der Waals surface area contributed by atoms with Gasteiger partial charge in [-0.2, -0.15) is 0 Å². The topological polar surface area (TPSA) is 95.9 Å². The Labute approximate surface area is 431 Å². The first-order valence-electron chi connectivity index (χ1n) is 31.1. The fourth-order valence-electron chi connectivity index (χ4n) is 9.69. The highest BCUT2D eigenvalue weighted by Gasteiger charge is 2.18. The van der Waals surface area contributed by atoms with Gasteiger partial charge in [-0.1, -0.05) is 295 Å². The minimum Gasteiger partial charge on any atom is -0.466 e. The molecule has 3 N–H and O–H groups in total. The van der Waals surface area contributed by atoms with Crippen LogP contribution < -0.4 is 5.32 Å². The van der Waals surface area contributed by atoms with Crippen LogP contribution in [0, 0.1) is 0 Å². The predicted octanol–water partition coefficient (Wildman–Crippen LogP) is 19.4. The molecule has 0 aliphatic heterocycles. The number of amides is 1. The molecule has 0 aromatic carbocycles. The summed E-state index contributed by atoms with van der Waals surface area (Å²) in [5.74, 6) is -0.0583. The number of ether oxygens (including phenoxy) is 1. The summed E-state index contributed by atoms with van der Waals surface area (Å²) in [6.07, 6.45) is 72.2. The average molecular weight is 973 g/mol. The van der Waals surface area contributed by atoms with Gasteiger partial charge in [0.1, 0.15) is 0 Å². The first-order chi connectivity index (χ1) is 34.0. The monoisotopic (exact) mass is 972 g/mol. The summed E-state index contributed by atoms with van der Waals surface area (Å²) in [4.78, 5) is 24.5. The third kappa shape index (κ3) is 55.5. The number of aliphatic hydroxyl groups is 2. The normalized spacial score (nSPS) is 12.7. The number of allylic oxidation sites excluding steroid dienone is 3. The van der Waals surface area contributed by atoms with Gasteiger partial charge in [0, 0.05) is 12.8 Å². The number of unbranched alkanes of at least 4 members (excludes halogenated alkanes) is 45. The van der Waals surface area contributed by atoms with Crippen LogP contribution in [0.5, 0.6) is 0 Å². The van der Waals surface area contributed by atoms with Gasteiger partial charge in [0.15, 0.2) is 0 Å². The van der Waals surface area contributed by atoms with E-state index in [9.17, 15) is 19.8 Å². The summed E-state index contributed by atoms with van der Waals surface area (Å²) in [6, 6.07) is -0.631.